The molecule has 0 saturated heterocycles. The number of hydrogen-bond acceptors (Lipinski definition) is 4. The van der Waals surface area contributed by atoms with Crippen LogP contribution in [0.2, 0.25) is 0 Å². The molecule has 172 valence electrons. The monoisotopic (exact) mass is 430 g/mol. The van der Waals surface area contributed by atoms with E-state index < -0.39 is 12.0 Å². The number of ether oxygens (including phenoxy) is 1. The van der Waals surface area contributed by atoms with Gasteiger partial charge in [-0.1, -0.05) is 72.4 Å². The Morgan fingerprint density at radius 3 is 2.10 bits per heavy atom. The van der Waals surface area contributed by atoms with Crippen molar-refractivity contribution >= 4 is 17.8 Å². The average molecular weight is 431 g/mol. The summed E-state index contributed by atoms with van der Waals surface area (Å²) >= 11 is 0. The summed E-state index contributed by atoms with van der Waals surface area (Å²) in [6.07, 6.45) is 6.58. The highest BCUT2D eigenvalue weighted by Gasteiger charge is 2.27. The van der Waals surface area contributed by atoms with Gasteiger partial charge in [0, 0.05) is 11.6 Å². The second-order valence-corrected chi connectivity index (χ2v) is 9.89. The summed E-state index contributed by atoms with van der Waals surface area (Å²) in [6.45, 7) is 9.67. The fraction of sp³-hybridized carbons (Fsp3) is 0.640. The topological polar surface area (TPSA) is 84.5 Å². The van der Waals surface area contributed by atoms with Crippen molar-refractivity contribution in [1.29, 1.82) is 0 Å². The first kappa shape index (κ1) is 24.9. The molecule has 1 atom stereocenters. The van der Waals surface area contributed by atoms with Gasteiger partial charge in [-0.15, -0.1) is 0 Å². The Hall–Kier alpha value is -2.37. The van der Waals surface area contributed by atoms with Crippen LogP contribution < -0.4 is 10.6 Å². The van der Waals surface area contributed by atoms with Crippen molar-refractivity contribution in [2.24, 2.45) is 5.92 Å². The van der Waals surface area contributed by atoms with Crippen molar-refractivity contribution in [3.05, 3.63) is 35.4 Å². The van der Waals surface area contributed by atoms with Gasteiger partial charge in [-0.05, 0) is 41.9 Å². The van der Waals surface area contributed by atoms with E-state index in [0.717, 1.165) is 31.2 Å². The molecule has 2 N–H and O–H groups in total. The SMILES string of the molecule is CC(C)[C@H](NC(=O)c1ccc(C(C)(C)C)cc1)C(=O)OCC(=O)NC1CCCCCC1. The van der Waals surface area contributed by atoms with Crippen LogP contribution in [-0.2, 0) is 19.7 Å². The zero-order valence-corrected chi connectivity index (χ0v) is 19.6. The van der Waals surface area contributed by atoms with Crippen LogP contribution in [0.25, 0.3) is 0 Å². The Labute approximate surface area is 186 Å². The van der Waals surface area contributed by atoms with Crippen LogP contribution >= 0.6 is 0 Å². The second kappa shape index (κ2) is 11.3. The van der Waals surface area contributed by atoms with Crippen molar-refractivity contribution in [2.45, 2.75) is 90.6 Å². The zero-order chi connectivity index (χ0) is 23.0. The van der Waals surface area contributed by atoms with Gasteiger partial charge in [-0.25, -0.2) is 4.79 Å². The predicted molar refractivity (Wildman–Crippen MR) is 122 cm³/mol. The molecule has 1 fully saturated rings. The third-order valence-electron chi connectivity index (χ3n) is 5.79. The molecule has 0 heterocycles. The first-order chi connectivity index (χ1) is 14.6. The van der Waals surface area contributed by atoms with Gasteiger partial charge in [-0.3, -0.25) is 9.59 Å². The molecule has 0 aromatic heterocycles. The highest BCUT2D eigenvalue weighted by molar-refractivity contribution is 5.97. The summed E-state index contributed by atoms with van der Waals surface area (Å²) in [7, 11) is 0. The molecule has 6 heteroatoms. The van der Waals surface area contributed by atoms with E-state index in [9.17, 15) is 14.4 Å². The van der Waals surface area contributed by atoms with Gasteiger partial charge in [0.25, 0.3) is 11.8 Å². The van der Waals surface area contributed by atoms with E-state index in [-0.39, 0.29) is 35.8 Å². The molecule has 2 amide bonds. The minimum Gasteiger partial charge on any atom is -0.454 e. The molecule has 31 heavy (non-hydrogen) atoms. The number of benzene rings is 1. The lowest BCUT2D eigenvalue weighted by molar-refractivity contribution is -0.151. The van der Waals surface area contributed by atoms with Gasteiger partial charge >= 0.3 is 5.97 Å². The van der Waals surface area contributed by atoms with Crippen LogP contribution in [-0.4, -0.2) is 36.5 Å². The summed E-state index contributed by atoms with van der Waals surface area (Å²) in [5.74, 6) is -1.38. The Balaban J connectivity index is 1.89. The van der Waals surface area contributed by atoms with Gasteiger partial charge < -0.3 is 15.4 Å². The van der Waals surface area contributed by atoms with E-state index in [4.69, 9.17) is 4.74 Å². The third-order valence-corrected chi connectivity index (χ3v) is 5.79. The molecule has 0 bridgehead atoms. The molecular weight excluding hydrogens is 392 g/mol. The molecule has 0 spiro atoms. The fourth-order valence-corrected chi connectivity index (χ4v) is 3.76. The summed E-state index contributed by atoms with van der Waals surface area (Å²) in [6, 6.07) is 6.72. The van der Waals surface area contributed by atoms with Crippen molar-refractivity contribution in [1.82, 2.24) is 10.6 Å². The van der Waals surface area contributed by atoms with E-state index in [2.05, 4.69) is 31.4 Å². The number of hydrogen-bond donors (Lipinski definition) is 2. The van der Waals surface area contributed by atoms with Crippen molar-refractivity contribution in [2.75, 3.05) is 6.61 Å². The molecule has 1 aliphatic carbocycles. The van der Waals surface area contributed by atoms with Gasteiger partial charge in [0.2, 0.25) is 0 Å². The number of esters is 1. The fourth-order valence-electron chi connectivity index (χ4n) is 3.76. The van der Waals surface area contributed by atoms with E-state index in [1.807, 2.05) is 26.0 Å². The molecule has 1 aromatic carbocycles. The molecule has 1 aromatic rings. The molecule has 0 radical (unpaired) electrons. The summed E-state index contributed by atoms with van der Waals surface area (Å²) in [4.78, 5) is 37.4. The normalized spacial score (nSPS) is 16.3. The van der Waals surface area contributed by atoms with E-state index in [1.165, 1.54) is 12.8 Å². The Kier molecular flexibility index (Phi) is 9.08. The van der Waals surface area contributed by atoms with Crippen LogP contribution in [0.15, 0.2) is 24.3 Å². The molecule has 6 nitrogen and oxygen atoms in total. The third kappa shape index (κ3) is 8.00. The lowest BCUT2D eigenvalue weighted by Crippen LogP contribution is -2.46. The maximum atomic E-state index is 12.7. The number of nitrogens with one attached hydrogen (secondary N) is 2. The Bertz CT molecular complexity index is 742. The van der Waals surface area contributed by atoms with Gasteiger partial charge in [0.15, 0.2) is 6.61 Å². The summed E-state index contributed by atoms with van der Waals surface area (Å²) in [5.41, 5.74) is 1.61. The highest BCUT2D eigenvalue weighted by atomic mass is 16.5. The van der Waals surface area contributed by atoms with Crippen LogP contribution in [0.3, 0.4) is 0 Å². The average Bonchev–Trinajstić information content (AvgIpc) is 2.98. The van der Waals surface area contributed by atoms with Crippen molar-refractivity contribution < 1.29 is 19.1 Å². The zero-order valence-electron chi connectivity index (χ0n) is 19.6. The minimum atomic E-state index is -0.819. The molecular formula is C25H38N2O4. The first-order valence-electron chi connectivity index (χ1n) is 11.5. The highest BCUT2D eigenvalue weighted by Crippen LogP contribution is 2.22. The number of rotatable bonds is 7. The Morgan fingerprint density at radius 1 is 1.00 bits per heavy atom. The largest absolute Gasteiger partial charge is 0.454 e. The number of carbonyl (C=O) groups excluding carboxylic acids is 3. The van der Waals surface area contributed by atoms with Gasteiger partial charge in [-0.2, -0.15) is 0 Å². The van der Waals surface area contributed by atoms with Gasteiger partial charge in [0.1, 0.15) is 6.04 Å². The summed E-state index contributed by atoms with van der Waals surface area (Å²) < 4.78 is 5.23. The molecule has 0 unspecified atom stereocenters. The van der Waals surface area contributed by atoms with Crippen molar-refractivity contribution in [3.8, 4) is 0 Å². The molecule has 1 saturated carbocycles. The quantitative estimate of drug-likeness (QED) is 0.503. The standard InChI is InChI=1S/C25H38N2O4/c1-17(2)22(27-23(29)18-12-14-19(15-13-18)25(3,4)5)24(30)31-16-21(28)26-20-10-8-6-7-9-11-20/h12-15,17,20,22H,6-11,16H2,1-5H3,(H,26,28)(H,27,29)/t22-/m0/s1. The predicted octanol–water partition coefficient (Wildman–Crippen LogP) is 4.12. The lowest BCUT2D eigenvalue weighted by Gasteiger charge is -2.22. The minimum absolute atomic E-state index is 0.00337. The number of carbonyl (C=O) groups is 3. The maximum absolute atomic E-state index is 12.7. The van der Waals surface area contributed by atoms with Crippen LogP contribution in [0.4, 0.5) is 0 Å². The summed E-state index contributed by atoms with van der Waals surface area (Å²) in [5, 5.41) is 5.72. The van der Waals surface area contributed by atoms with E-state index >= 15 is 0 Å². The first-order valence-corrected chi connectivity index (χ1v) is 11.5. The molecule has 0 aliphatic heterocycles. The van der Waals surface area contributed by atoms with Crippen LogP contribution in [0.5, 0.6) is 0 Å². The number of amides is 2. The smallest absolute Gasteiger partial charge is 0.329 e. The van der Waals surface area contributed by atoms with Gasteiger partial charge in [0.05, 0.1) is 0 Å². The molecule has 1 aliphatic rings. The van der Waals surface area contributed by atoms with Crippen molar-refractivity contribution in [3.63, 3.8) is 0 Å². The van der Waals surface area contributed by atoms with Crippen LogP contribution in [0.1, 0.15) is 89.1 Å². The Morgan fingerprint density at radius 2 is 1.58 bits per heavy atom. The maximum Gasteiger partial charge on any atom is 0.329 e. The molecule has 2 rings (SSSR count). The van der Waals surface area contributed by atoms with Crippen LogP contribution in [0, 0.1) is 5.92 Å². The van der Waals surface area contributed by atoms with E-state index in [0.29, 0.717) is 5.56 Å². The lowest BCUT2D eigenvalue weighted by atomic mass is 9.86. The second-order valence-electron chi connectivity index (χ2n) is 9.89. The van der Waals surface area contributed by atoms with E-state index in [1.54, 1.807) is 12.1 Å².